The van der Waals surface area contributed by atoms with E-state index < -0.39 is 12.1 Å². The second kappa shape index (κ2) is 49.3. The fraction of sp³-hybridized carbons (Fsp3) is 0.925. The Morgan fingerprint density at radius 3 is 1.22 bits per heavy atom. The Hall–Kier alpha value is -1.40. The summed E-state index contributed by atoms with van der Waals surface area (Å²) < 4.78 is 5.45. The quantitative estimate of drug-likeness (QED) is 0.0322. The highest BCUT2D eigenvalue weighted by molar-refractivity contribution is 5.76. The molecular formula is C53H103NO5. The number of allylic oxidation sites excluding steroid dienone is 2. The first-order chi connectivity index (χ1) is 29.0. The Bertz CT molecular complexity index is 878. The zero-order chi connectivity index (χ0) is 43.0. The molecule has 0 saturated carbocycles. The topological polar surface area (TPSA) is 95.9 Å². The van der Waals surface area contributed by atoms with Gasteiger partial charge < -0.3 is 20.3 Å². The van der Waals surface area contributed by atoms with Gasteiger partial charge in [-0.15, -0.1) is 0 Å². The van der Waals surface area contributed by atoms with E-state index >= 15 is 0 Å². The van der Waals surface area contributed by atoms with Crippen LogP contribution >= 0.6 is 0 Å². The average molecular weight is 834 g/mol. The van der Waals surface area contributed by atoms with Gasteiger partial charge in [-0.2, -0.15) is 0 Å². The van der Waals surface area contributed by atoms with Gasteiger partial charge >= 0.3 is 5.97 Å². The Kier molecular flexibility index (Phi) is 48.1. The molecule has 3 N–H and O–H groups in total. The molecule has 350 valence electrons. The number of unbranched alkanes of at least 4 members (excludes halogenated alkanes) is 36. The maximum absolute atomic E-state index is 12.4. The number of carbonyl (C=O) groups is 2. The number of aliphatic hydroxyl groups is 2. The smallest absolute Gasteiger partial charge is 0.305 e. The van der Waals surface area contributed by atoms with Crippen LogP contribution in [0.3, 0.4) is 0 Å². The molecule has 0 fully saturated rings. The van der Waals surface area contributed by atoms with Gasteiger partial charge in [-0.05, 0) is 51.4 Å². The number of nitrogens with one attached hydrogen (secondary N) is 1. The summed E-state index contributed by atoms with van der Waals surface area (Å²) in [7, 11) is 0. The Labute approximate surface area is 368 Å². The van der Waals surface area contributed by atoms with Crippen LogP contribution in [0, 0.1) is 0 Å². The minimum absolute atomic E-state index is 0.0107. The molecule has 0 saturated heterocycles. The van der Waals surface area contributed by atoms with Gasteiger partial charge in [-0.3, -0.25) is 9.59 Å². The van der Waals surface area contributed by atoms with Crippen molar-refractivity contribution in [3.63, 3.8) is 0 Å². The van der Waals surface area contributed by atoms with E-state index in [0.29, 0.717) is 25.9 Å². The number of aliphatic hydroxyl groups excluding tert-OH is 2. The number of ether oxygens (including phenoxy) is 1. The molecule has 0 aromatic rings. The van der Waals surface area contributed by atoms with Crippen LogP contribution < -0.4 is 5.32 Å². The first-order valence-electron chi connectivity index (χ1n) is 26.4. The molecule has 0 heterocycles. The Morgan fingerprint density at radius 1 is 0.458 bits per heavy atom. The molecule has 0 aromatic heterocycles. The van der Waals surface area contributed by atoms with E-state index in [0.717, 1.165) is 70.6 Å². The van der Waals surface area contributed by atoms with E-state index in [1.54, 1.807) is 0 Å². The summed E-state index contributed by atoms with van der Waals surface area (Å²) in [5.74, 6) is -0.0738. The lowest BCUT2D eigenvalue weighted by atomic mass is 10.0. The van der Waals surface area contributed by atoms with Crippen LogP contribution in [0.5, 0.6) is 0 Å². The van der Waals surface area contributed by atoms with Crippen molar-refractivity contribution in [2.24, 2.45) is 0 Å². The second-order valence-corrected chi connectivity index (χ2v) is 18.2. The summed E-state index contributed by atoms with van der Waals surface area (Å²) in [5.41, 5.74) is 0. The SMILES string of the molecule is CCCCCCCCCCCCCCCCCCC(O)C(CO)NC(=O)CCCCC/C=C\CCCCCCCCOC(=O)CCCCCCCCCCCCCCC. The lowest BCUT2D eigenvalue weighted by Crippen LogP contribution is -2.45. The van der Waals surface area contributed by atoms with E-state index in [4.69, 9.17) is 4.74 Å². The third-order valence-electron chi connectivity index (χ3n) is 12.3. The predicted octanol–water partition coefficient (Wildman–Crippen LogP) is 15.7. The minimum Gasteiger partial charge on any atom is -0.466 e. The van der Waals surface area contributed by atoms with E-state index in [-0.39, 0.29) is 18.5 Å². The zero-order valence-corrected chi connectivity index (χ0v) is 39.7. The molecular weight excluding hydrogens is 731 g/mol. The van der Waals surface area contributed by atoms with E-state index in [1.165, 1.54) is 186 Å². The first kappa shape index (κ1) is 57.6. The van der Waals surface area contributed by atoms with Gasteiger partial charge in [0.15, 0.2) is 0 Å². The Balaban J connectivity index is 3.49. The third-order valence-corrected chi connectivity index (χ3v) is 12.3. The summed E-state index contributed by atoms with van der Waals surface area (Å²) in [6.07, 6.45) is 56.1. The van der Waals surface area contributed by atoms with Crippen LogP contribution in [0.2, 0.25) is 0 Å². The van der Waals surface area contributed by atoms with E-state index in [2.05, 4.69) is 31.3 Å². The summed E-state index contributed by atoms with van der Waals surface area (Å²) in [6, 6.07) is -0.560. The molecule has 0 aliphatic carbocycles. The summed E-state index contributed by atoms with van der Waals surface area (Å²) in [4.78, 5) is 24.5. The van der Waals surface area contributed by atoms with Gasteiger partial charge in [0.25, 0.3) is 0 Å². The van der Waals surface area contributed by atoms with Gasteiger partial charge in [0.05, 0.1) is 25.4 Å². The lowest BCUT2D eigenvalue weighted by Gasteiger charge is -2.22. The van der Waals surface area contributed by atoms with Crippen molar-refractivity contribution in [3.8, 4) is 0 Å². The van der Waals surface area contributed by atoms with Crippen molar-refractivity contribution in [3.05, 3.63) is 12.2 Å². The highest BCUT2D eigenvalue weighted by atomic mass is 16.5. The molecule has 0 radical (unpaired) electrons. The fourth-order valence-electron chi connectivity index (χ4n) is 8.22. The van der Waals surface area contributed by atoms with Crippen LogP contribution in [-0.4, -0.2) is 47.4 Å². The van der Waals surface area contributed by atoms with E-state index in [9.17, 15) is 19.8 Å². The van der Waals surface area contributed by atoms with Crippen LogP contribution in [0.1, 0.15) is 290 Å². The number of hydrogen-bond acceptors (Lipinski definition) is 5. The third kappa shape index (κ3) is 45.9. The molecule has 0 aliphatic heterocycles. The summed E-state index contributed by atoms with van der Waals surface area (Å²) in [5, 5.41) is 23.2. The molecule has 2 atom stereocenters. The largest absolute Gasteiger partial charge is 0.466 e. The van der Waals surface area contributed by atoms with Crippen LogP contribution in [-0.2, 0) is 14.3 Å². The lowest BCUT2D eigenvalue weighted by molar-refractivity contribution is -0.143. The number of esters is 1. The first-order valence-corrected chi connectivity index (χ1v) is 26.4. The summed E-state index contributed by atoms with van der Waals surface area (Å²) >= 11 is 0. The average Bonchev–Trinajstić information content (AvgIpc) is 3.24. The molecule has 0 aromatic carbocycles. The molecule has 0 spiro atoms. The van der Waals surface area contributed by atoms with Gasteiger partial charge in [0, 0.05) is 12.8 Å². The van der Waals surface area contributed by atoms with Crippen LogP contribution in [0.15, 0.2) is 12.2 Å². The molecule has 6 nitrogen and oxygen atoms in total. The van der Waals surface area contributed by atoms with Crippen molar-refractivity contribution >= 4 is 11.9 Å². The molecule has 6 heteroatoms. The monoisotopic (exact) mass is 834 g/mol. The van der Waals surface area contributed by atoms with Crippen molar-refractivity contribution < 1.29 is 24.5 Å². The number of hydrogen-bond donors (Lipinski definition) is 3. The van der Waals surface area contributed by atoms with Gasteiger partial charge in [0.1, 0.15) is 0 Å². The zero-order valence-electron chi connectivity index (χ0n) is 39.7. The fourth-order valence-corrected chi connectivity index (χ4v) is 8.22. The molecule has 59 heavy (non-hydrogen) atoms. The van der Waals surface area contributed by atoms with Crippen molar-refractivity contribution in [1.29, 1.82) is 0 Å². The maximum Gasteiger partial charge on any atom is 0.305 e. The van der Waals surface area contributed by atoms with Gasteiger partial charge in [0.2, 0.25) is 5.91 Å². The van der Waals surface area contributed by atoms with Gasteiger partial charge in [-0.1, -0.05) is 238 Å². The molecule has 1 amide bonds. The van der Waals surface area contributed by atoms with Crippen molar-refractivity contribution in [1.82, 2.24) is 5.32 Å². The summed E-state index contributed by atoms with van der Waals surface area (Å²) in [6.45, 7) is 4.92. The van der Waals surface area contributed by atoms with Crippen molar-refractivity contribution in [2.45, 2.75) is 302 Å². The maximum atomic E-state index is 12.4. The number of rotatable bonds is 49. The van der Waals surface area contributed by atoms with E-state index in [1.807, 2.05) is 0 Å². The normalized spacial score (nSPS) is 12.7. The minimum atomic E-state index is -0.680. The highest BCUT2D eigenvalue weighted by Crippen LogP contribution is 2.17. The standard InChI is InChI=1S/C53H103NO5/c1-3-5-7-9-11-13-15-17-18-19-22-25-29-33-37-41-45-51(56)50(49-55)54-52(57)46-42-38-34-30-26-23-20-24-28-32-36-40-44-48-59-53(58)47-43-39-35-31-27-21-16-14-12-10-8-6-4-2/h23,26,50-51,55-56H,3-22,24-25,27-49H2,1-2H3,(H,54,57)/b26-23-. The Morgan fingerprint density at radius 2 is 0.797 bits per heavy atom. The van der Waals surface area contributed by atoms with Crippen molar-refractivity contribution in [2.75, 3.05) is 13.2 Å². The molecule has 0 rings (SSSR count). The molecule has 0 aliphatic rings. The highest BCUT2D eigenvalue weighted by Gasteiger charge is 2.20. The molecule has 2 unspecified atom stereocenters. The molecule has 0 bridgehead atoms. The number of carbonyl (C=O) groups excluding carboxylic acids is 2. The van der Waals surface area contributed by atoms with Crippen LogP contribution in [0.25, 0.3) is 0 Å². The van der Waals surface area contributed by atoms with Crippen LogP contribution in [0.4, 0.5) is 0 Å². The number of amides is 1. The second-order valence-electron chi connectivity index (χ2n) is 18.2. The van der Waals surface area contributed by atoms with Gasteiger partial charge in [-0.25, -0.2) is 0 Å². The predicted molar refractivity (Wildman–Crippen MR) is 255 cm³/mol.